The van der Waals surface area contributed by atoms with Crippen LogP contribution >= 0.6 is 0 Å². The normalized spacial score (nSPS) is 12.4. The summed E-state index contributed by atoms with van der Waals surface area (Å²) in [5, 5.41) is 11.6. The second-order valence-corrected chi connectivity index (χ2v) is 3.95. The van der Waals surface area contributed by atoms with Gasteiger partial charge < -0.3 is 15.3 Å². The molecule has 1 unspecified atom stereocenters. The topological polar surface area (TPSA) is 69.6 Å². The lowest BCUT2D eigenvalue weighted by molar-refractivity contribution is -0.147. The van der Waals surface area contributed by atoms with Gasteiger partial charge in [-0.15, -0.1) is 6.42 Å². The van der Waals surface area contributed by atoms with Crippen LogP contribution in [0.3, 0.4) is 0 Å². The van der Waals surface area contributed by atoms with Crippen LogP contribution in [0.15, 0.2) is 0 Å². The molecular weight excluding hydrogens is 208 g/mol. The maximum absolute atomic E-state index is 11.8. The Kier molecular flexibility index (Phi) is 4.83. The minimum absolute atomic E-state index is 0.294. The van der Waals surface area contributed by atoms with Gasteiger partial charge in [0.2, 0.25) is 0 Å². The fraction of sp³-hybridized carbons (Fsp3) is 0.636. The van der Waals surface area contributed by atoms with E-state index in [4.69, 9.17) is 11.5 Å². The lowest BCUT2D eigenvalue weighted by atomic mass is 10.0. The molecule has 0 aliphatic carbocycles. The zero-order valence-corrected chi connectivity index (χ0v) is 10.1. The summed E-state index contributed by atoms with van der Waals surface area (Å²) < 4.78 is 0. The quantitative estimate of drug-likeness (QED) is 0.700. The smallest absolute Gasteiger partial charge is 0.329 e. The number of hydrogen-bond donors (Lipinski definition) is 2. The van der Waals surface area contributed by atoms with Gasteiger partial charge in [0.15, 0.2) is 0 Å². The van der Waals surface area contributed by atoms with Crippen molar-refractivity contribution in [3.63, 3.8) is 0 Å². The lowest BCUT2D eigenvalue weighted by Gasteiger charge is -2.34. The van der Waals surface area contributed by atoms with Gasteiger partial charge in [-0.25, -0.2) is 9.59 Å². The zero-order chi connectivity index (χ0) is 12.9. The number of amides is 2. The predicted octanol–water partition coefficient (Wildman–Crippen LogP) is 0.903. The van der Waals surface area contributed by atoms with E-state index in [0.29, 0.717) is 6.54 Å². The van der Waals surface area contributed by atoms with E-state index < -0.39 is 23.6 Å². The number of rotatable bonds is 4. The first-order valence-electron chi connectivity index (χ1n) is 5.05. The molecule has 2 N–H and O–H groups in total. The summed E-state index contributed by atoms with van der Waals surface area (Å²) in [6.07, 6.45) is 5.13. The minimum Gasteiger partial charge on any atom is -0.480 e. The molecule has 16 heavy (non-hydrogen) atoms. The van der Waals surface area contributed by atoms with E-state index in [1.807, 2.05) is 0 Å². The van der Waals surface area contributed by atoms with Crippen LogP contribution < -0.4 is 5.32 Å². The Morgan fingerprint density at radius 2 is 2.06 bits per heavy atom. The van der Waals surface area contributed by atoms with Crippen LogP contribution in [0, 0.1) is 12.3 Å². The third-order valence-electron chi connectivity index (χ3n) is 2.35. The standard InChI is InChI=1S/C11H18N2O3/c1-6-8(3)12-10(16)13(7-2)11(4,5)9(14)15/h1,8H,7H2,2-5H3,(H,12,16)(H,14,15). The molecule has 90 valence electrons. The van der Waals surface area contributed by atoms with Crippen molar-refractivity contribution in [1.29, 1.82) is 0 Å². The fourth-order valence-corrected chi connectivity index (χ4v) is 1.21. The Hall–Kier alpha value is -1.70. The molecular formula is C11H18N2O3. The van der Waals surface area contributed by atoms with Crippen molar-refractivity contribution in [2.75, 3.05) is 6.54 Å². The van der Waals surface area contributed by atoms with Gasteiger partial charge in [0, 0.05) is 6.54 Å². The van der Waals surface area contributed by atoms with Gasteiger partial charge in [-0.1, -0.05) is 5.92 Å². The first-order chi connectivity index (χ1) is 7.27. The largest absolute Gasteiger partial charge is 0.480 e. The molecule has 2 amide bonds. The lowest BCUT2D eigenvalue weighted by Crippen LogP contribution is -2.57. The average Bonchev–Trinajstić information content (AvgIpc) is 2.17. The Morgan fingerprint density at radius 3 is 2.38 bits per heavy atom. The summed E-state index contributed by atoms with van der Waals surface area (Å²) in [6, 6.07) is -0.897. The highest BCUT2D eigenvalue weighted by Gasteiger charge is 2.37. The fourth-order valence-electron chi connectivity index (χ4n) is 1.21. The molecule has 0 aromatic carbocycles. The number of hydrogen-bond acceptors (Lipinski definition) is 2. The molecule has 0 aliphatic rings. The number of carbonyl (C=O) groups is 2. The van der Waals surface area contributed by atoms with E-state index in [-0.39, 0.29) is 0 Å². The molecule has 0 radical (unpaired) electrons. The van der Waals surface area contributed by atoms with Crippen molar-refractivity contribution >= 4 is 12.0 Å². The summed E-state index contributed by atoms with van der Waals surface area (Å²) >= 11 is 0. The van der Waals surface area contributed by atoms with Crippen LogP contribution in [-0.4, -0.2) is 40.1 Å². The third-order valence-corrected chi connectivity index (χ3v) is 2.35. The predicted molar refractivity (Wildman–Crippen MR) is 60.9 cm³/mol. The number of carbonyl (C=O) groups excluding carboxylic acids is 1. The molecule has 0 rings (SSSR count). The van der Waals surface area contributed by atoms with Crippen molar-refractivity contribution in [2.45, 2.75) is 39.3 Å². The van der Waals surface area contributed by atoms with Crippen molar-refractivity contribution in [3.05, 3.63) is 0 Å². The molecule has 1 atom stereocenters. The second-order valence-electron chi connectivity index (χ2n) is 3.95. The second kappa shape index (κ2) is 5.40. The average molecular weight is 226 g/mol. The Bertz CT molecular complexity index is 318. The highest BCUT2D eigenvalue weighted by molar-refractivity contribution is 5.85. The third kappa shape index (κ3) is 3.16. The van der Waals surface area contributed by atoms with E-state index >= 15 is 0 Å². The molecule has 0 heterocycles. The number of urea groups is 1. The van der Waals surface area contributed by atoms with Crippen molar-refractivity contribution in [2.24, 2.45) is 0 Å². The van der Waals surface area contributed by atoms with Crippen LogP contribution in [-0.2, 0) is 4.79 Å². The summed E-state index contributed by atoms with van der Waals surface area (Å²) in [7, 11) is 0. The highest BCUT2D eigenvalue weighted by Crippen LogP contribution is 2.14. The molecule has 0 aliphatic heterocycles. The molecule has 0 saturated heterocycles. The molecule has 0 fully saturated rings. The van der Waals surface area contributed by atoms with E-state index in [9.17, 15) is 9.59 Å². The zero-order valence-electron chi connectivity index (χ0n) is 10.1. The minimum atomic E-state index is -1.26. The van der Waals surface area contributed by atoms with Crippen LogP contribution in [0.4, 0.5) is 4.79 Å². The van der Waals surface area contributed by atoms with Crippen molar-refractivity contribution in [3.8, 4) is 12.3 Å². The number of likely N-dealkylation sites (N-methyl/N-ethyl adjacent to an activating group) is 1. The number of aliphatic carboxylic acids is 1. The van der Waals surface area contributed by atoms with Crippen molar-refractivity contribution < 1.29 is 14.7 Å². The first kappa shape index (κ1) is 14.3. The number of nitrogens with one attached hydrogen (secondary N) is 1. The molecule has 5 heteroatoms. The Labute approximate surface area is 95.8 Å². The molecule has 0 aromatic rings. The van der Waals surface area contributed by atoms with E-state index in [2.05, 4.69) is 11.2 Å². The highest BCUT2D eigenvalue weighted by atomic mass is 16.4. The van der Waals surface area contributed by atoms with Crippen molar-refractivity contribution in [1.82, 2.24) is 10.2 Å². The summed E-state index contributed by atoms with van der Waals surface area (Å²) in [4.78, 5) is 24.0. The maximum Gasteiger partial charge on any atom is 0.329 e. The van der Waals surface area contributed by atoms with Gasteiger partial charge in [0.1, 0.15) is 5.54 Å². The van der Waals surface area contributed by atoms with Gasteiger partial charge >= 0.3 is 12.0 Å². The van der Waals surface area contributed by atoms with E-state index in [1.54, 1.807) is 13.8 Å². The van der Waals surface area contributed by atoms with Gasteiger partial charge in [-0.2, -0.15) is 0 Å². The van der Waals surface area contributed by atoms with E-state index in [0.717, 1.165) is 0 Å². The van der Waals surface area contributed by atoms with Gasteiger partial charge in [-0.3, -0.25) is 0 Å². The van der Waals surface area contributed by atoms with Gasteiger partial charge in [0.25, 0.3) is 0 Å². The van der Waals surface area contributed by atoms with Gasteiger partial charge in [-0.05, 0) is 27.7 Å². The maximum atomic E-state index is 11.8. The summed E-state index contributed by atoms with van der Waals surface area (Å²) in [6.45, 7) is 6.60. The molecule has 0 bridgehead atoms. The van der Waals surface area contributed by atoms with Crippen LogP contribution in [0.2, 0.25) is 0 Å². The Balaban J connectivity index is 4.82. The molecule has 0 aromatic heterocycles. The van der Waals surface area contributed by atoms with Crippen LogP contribution in [0.5, 0.6) is 0 Å². The first-order valence-corrected chi connectivity index (χ1v) is 5.05. The summed E-state index contributed by atoms with van der Waals surface area (Å²) in [5.41, 5.74) is -1.26. The Morgan fingerprint density at radius 1 is 1.56 bits per heavy atom. The van der Waals surface area contributed by atoms with E-state index in [1.165, 1.54) is 18.7 Å². The summed E-state index contributed by atoms with van der Waals surface area (Å²) in [5.74, 6) is 1.29. The van der Waals surface area contributed by atoms with Gasteiger partial charge in [0.05, 0.1) is 6.04 Å². The van der Waals surface area contributed by atoms with Crippen LogP contribution in [0.25, 0.3) is 0 Å². The number of carboxylic acid groups (broad SMARTS) is 1. The number of nitrogens with zero attached hydrogens (tertiary/aromatic N) is 1. The molecule has 0 spiro atoms. The SMILES string of the molecule is C#CC(C)NC(=O)N(CC)C(C)(C)C(=O)O. The molecule has 0 saturated carbocycles. The monoisotopic (exact) mass is 226 g/mol. The molecule has 5 nitrogen and oxygen atoms in total. The van der Waals surface area contributed by atoms with Crippen LogP contribution in [0.1, 0.15) is 27.7 Å². The number of terminal acetylenes is 1. The number of carboxylic acids is 1.